The van der Waals surface area contributed by atoms with Crippen molar-refractivity contribution in [1.82, 2.24) is 9.97 Å². The molecule has 1 heterocycles. The predicted molar refractivity (Wildman–Crippen MR) is 65.3 cm³/mol. The normalized spacial score (nSPS) is 12.9. The smallest absolute Gasteiger partial charge is 0.134 e. The van der Waals surface area contributed by atoms with Crippen LogP contribution in [0, 0.1) is 19.8 Å². The molecule has 90 valence electrons. The monoisotopic (exact) mass is 224 g/mol. The van der Waals surface area contributed by atoms with Crippen molar-refractivity contribution in [3.05, 3.63) is 11.4 Å². The van der Waals surface area contributed by atoms with Gasteiger partial charge in [0.05, 0.1) is 6.10 Å². The zero-order valence-electron chi connectivity index (χ0n) is 10.3. The summed E-state index contributed by atoms with van der Waals surface area (Å²) in [6.07, 6.45) is -0.393. The molecule has 0 aromatic carbocycles. The molecule has 16 heavy (non-hydrogen) atoms. The molecule has 0 aliphatic carbocycles. The minimum Gasteiger partial charge on any atom is -0.391 e. The maximum Gasteiger partial charge on any atom is 0.134 e. The molecule has 1 atom stereocenters. The van der Waals surface area contributed by atoms with Gasteiger partial charge >= 0.3 is 0 Å². The van der Waals surface area contributed by atoms with Gasteiger partial charge < -0.3 is 16.2 Å². The highest BCUT2D eigenvalue weighted by molar-refractivity contribution is 5.54. The van der Waals surface area contributed by atoms with Crippen molar-refractivity contribution >= 4 is 11.6 Å². The predicted octanol–water partition coefficient (Wildman–Crippen LogP) is 1.10. The second-order valence-electron chi connectivity index (χ2n) is 4.32. The van der Waals surface area contributed by atoms with Crippen LogP contribution in [0.5, 0.6) is 0 Å². The number of rotatable bonds is 4. The standard InChI is InChI=1S/C11H20N4O/c1-6(2)9(16)5-13-11-7(3)10(12)14-8(4)15-11/h6,9,16H,5H2,1-4H3,(H3,12,13,14,15). The van der Waals surface area contributed by atoms with Crippen LogP contribution in [-0.4, -0.2) is 27.7 Å². The second kappa shape index (κ2) is 5.12. The molecule has 1 unspecified atom stereocenters. The summed E-state index contributed by atoms with van der Waals surface area (Å²) in [6, 6.07) is 0. The Balaban J connectivity index is 2.74. The Labute approximate surface area is 96.1 Å². The van der Waals surface area contributed by atoms with E-state index in [1.165, 1.54) is 0 Å². The van der Waals surface area contributed by atoms with Crippen molar-refractivity contribution in [2.24, 2.45) is 5.92 Å². The molecule has 0 aliphatic heterocycles. The van der Waals surface area contributed by atoms with E-state index in [-0.39, 0.29) is 5.92 Å². The highest BCUT2D eigenvalue weighted by Gasteiger charge is 2.11. The quantitative estimate of drug-likeness (QED) is 0.713. The number of nitrogens with two attached hydrogens (primary N) is 1. The zero-order chi connectivity index (χ0) is 12.3. The van der Waals surface area contributed by atoms with Crippen LogP contribution in [0.4, 0.5) is 11.6 Å². The van der Waals surface area contributed by atoms with Gasteiger partial charge in [-0.2, -0.15) is 0 Å². The average Bonchev–Trinajstić information content (AvgIpc) is 2.20. The van der Waals surface area contributed by atoms with Crippen LogP contribution in [0.15, 0.2) is 0 Å². The molecule has 4 N–H and O–H groups in total. The zero-order valence-corrected chi connectivity index (χ0v) is 10.3. The molecule has 0 spiro atoms. The number of hydrogen-bond acceptors (Lipinski definition) is 5. The van der Waals surface area contributed by atoms with Crippen molar-refractivity contribution in [3.8, 4) is 0 Å². The Kier molecular flexibility index (Phi) is 4.06. The highest BCUT2D eigenvalue weighted by atomic mass is 16.3. The molecule has 0 aliphatic rings. The Morgan fingerprint density at radius 2 is 1.94 bits per heavy atom. The van der Waals surface area contributed by atoms with Crippen molar-refractivity contribution in [3.63, 3.8) is 0 Å². The number of aliphatic hydroxyl groups is 1. The molecule has 1 rings (SSSR count). The second-order valence-corrected chi connectivity index (χ2v) is 4.32. The van der Waals surface area contributed by atoms with Gasteiger partial charge in [-0.15, -0.1) is 0 Å². The fraction of sp³-hybridized carbons (Fsp3) is 0.636. The van der Waals surface area contributed by atoms with E-state index >= 15 is 0 Å². The maximum atomic E-state index is 9.68. The summed E-state index contributed by atoms with van der Waals surface area (Å²) in [5.41, 5.74) is 6.55. The third kappa shape index (κ3) is 3.06. The lowest BCUT2D eigenvalue weighted by Gasteiger charge is -2.17. The lowest BCUT2D eigenvalue weighted by molar-refractivity contribution is 0.138. The molecule has 5 nitrogen and oxygen atoms in total. The van der Waals surface area contributed by atoms with Gasteiger partial charge in [-0.1, -0.05) is 13.8 Å². The summed E-state index contributed by atoms with van der Waals surface area (Å²) in [4.78, 5) is 8.31. The molecule has 5 heteroatoms. The van der Waals surface area contributed by atoms with Crippen LogP contribution in [0.3, 0.4) is 0 Å². The Hall–Kier alpha value is -1.36. The maximum absolute atomic E-state index is 9.68. The molecule has 0 radical (unpaired) electrons. The fourth-order valence-corrected chi connectivity index (χ4v) is 1.26. The summed E-state index contributed by atoms with van der Waals surface area (Å²) in [5.74, 6) is 2.02. The number of nitrogens with one attached hydrogen (secondary N) is 1. The SMILES string of the molecule is Cc1nc(N)c(C)c(NCC(O)C(C)C)n1. The summed E-state index contributed by atoms with van der Waals surface area (Å²) in [5, 5.41) is 12.8. The Bertz CT molecular complexity index is 365. The van der Waals surface area contributed by atoms with E-state index < -0.39 is 6.10 Å². The third-order valence-electron chi connectivity index (χ3n) is 2.54. The number of nitrogen functional groups attached to an aromatic ring is 1. The first kappa shape index (κ1) is 12.7. The van der Waals surface area contributed by atoms with Gasteiger partial charge in [-0.05, 0) is 19.8 Å². The largest absolute Gasteiger partial charge is 0.391 e. The minimum absolute atomic E-state index is 0.216. The number of hydrogen-bond donors (Lipinski definition) is 3. The van der Waals surface area contributed by atoms with E-state index in [2.05, 4.69) is 15.3 Å². The number of aryl methyl sites for hydroxylation is 1. The molecular weight excluding hydrogens is 204 g/mol. The number of nitrogens with zero attached hydrogens (tertiary/aromatic N) is 2. The molecule has 0 fully saturated rings. The lowest BCUT2D eigenvalue weighted by atomic mass is 10.1. The molecule has 0 bridgehead atoms. The van der Waals surface area contributed by atoms with Crippen molar-refractivity contribution < 1.29 is 5.11 Å². The van der Waals surface area contributed by atoms with Gasteiger partial charge in [-0.25, -0.2) is 9.97 Å². The summed E-state index contributed by atoms with van der Waals surface area (Å²) < 4.78 is 0. The number of aliphatic hydroxyl groups excluding tert-OH is 1. The van der Waals surface area contributed by atoms with Gasteiger partial charge in [0.15, 0.2) is 0 Å². The number of anilines is 2. The number of aromatic nitrogens is 2. The summed E-state index contributed by atoms with van der Waals surface area (Å²) in [7, 11) is 0. The van der Waals surface area contributed by atoms with Crippen LogP contribution >= 0.6 is 0 Å². The van der Waals surface area contributed by atoms with E-state index in [1.807, 2.05) is 20.8 Å². The van der Waals surface area contributed by atoms with Crippen LogP contribution < -0.4 is 11.1 Å². The average molecular weight is 224 g/mol. The van der Waals surface area contributed by atoms with Crippen LogP contribution in [0.25, 0.3) is 0 Å². The first-order valence-electron chi connectivity index (χ1n) is 5.44. The van der Waals surface area contributed by atoms with E-state index in [0.29, 0.717) is 24.0 Å². The van der Waals surface area contributed by atoms with Crippen LogP contribution in [0.2, 0.25) is 0 Å². The topological polar surface area (TPSA) is 84.1 Å². The lowest BCUT2D eigenvalue weighted by Crippen LogP contribution is -2.25. The van der Waals surface area contributed by atoms with Crippen LogP contribution in [0.1, 0.15) is 25.2 Å². The molecular formula is C11H20N4O. The van der Waals surface area contributed by atoms with E-state index in [0.717, 1.165) is 5.56 Å². The van der Waals surface area contributed by atoms with Gasteiger partial charge in [0.25, 0.3) is 0 Å². The fourth-order valence-electron chi connectivity index (χ4n) is 1.26. The molecule has 0 amide bonds. The first-order valence-corrected chi connectivity index (χ1v) is 5.44. The Morgan fingerprint density at radius 3 is 2.50 bits per heavy atom. The van der Waals surface area contributed by atoms with Crippen molar-refractivity contribution in [2.45, 2.75) is 33.8 Å². The minimum atomic E-state index is -0.393. The van der Waals surface area contributed by atoms with Crippen molar-refractivity contribution in [2.75, 3.05) is 17.6 Å². The van der Waals surface area contributed by atoms with Gasteiger partial charge in [-0.3, -0.25) is 0 Å². The molecule has 1 aromatic rings. The third-order valence-corrected chi connectivity index (χ3v) is 2.54. The molecule has 0 saturated carbocycles. The molecule has 1 aromatic heterocycles. The summed E-state index contributed by atoms with van der Waals surface area (Å²) >= 11 is 0. The first-order chi connectivity index (χ1) is 7.41. The molecule has 0 saturated heterocycles. The summed E-state index contributed by atoms with van der Waals surface area (Å²) in [6.45, 7) is 8.06. The van der Waals surface area contributed by atoms with Gasteiger partial charge in [0.1, 0.15) is 17.5 Å². The van der Waals surface area contributed by atoms with Crippen LogP contribution in [-0.2, 0) is 0 Å². The van der Waals surface area contributed by atoms with E-state index in [9.17, 15) is 5.11 Å². The van der Waals surface area contributed by atoms with Gasteiger partial charge in [0.2, 0.25) is 0 Å². The van der Waals surface area contributed by atoms with Crippen molar-refractivity contribution in [1.29, 1.82) is 0 Å². The van der Waals surface area contributed by atoms with E-state index in [4.69, 9.17) is 5.73 Å². The van der Waals surface area contributed by atoms with Gasteiger partial charge in [0, 0.05) is 12.1 Å². The Morgan fingerprint density at radius 1 is 1.31 bits per heavy atom. The van der Waals surface area contributed by atoms with E-state index in [1.54, 1.807) is 6.92 Å². The highest BCUT2D eigenvalue weighted by Crippen LogP contribution is 2.17.